The average Bonchev–Trinajstić information content (AvgIpc) is 2.82. The predicted octanol–water partition coefficient (Wildman–Crippen LogP) is 2.85. The van der Waals surface area contributed by atoms with Crippen molar-refractivity contribution in [1.29, 1.82) is 0 Å². The minimum absolute atomic E-state index is 0.0965. The summed E-state index contributed by atoms with van der Waals surface area (Å²) in [4.78, 5) is 7.46. The van der Waals surface area contributed by atoms with Crippen molar-refractivity contribution in [3.8, 4) is 0 Å². The second-order valence-electron chi connectivity index (χ2n) is 8.99. The van der Waals surface area contributed by atoms with Crippen molar-refractivity contribution in [2.45, 2.75) is 67.0 Å². The van der Waals surface area contributed by atoms with Crippen molar-refractivity contribution >= 4 is 5.96 Å². The zero-order chi connectivity index (χ0) is 20.2. The fourth-order valence-electron chi connectivity index (χ4n) is 4.12. The SMILES string of the molecule is CCNC(=NCc1c(C)nn(C)c1C)NCC(C)(C)N1CC(C)CC(C)C1. The molecule has 0 saturated carbocycles. The Morgan fingerprint density at radius 3 is 2.33 bits per heavy atom. The Morgan fingerprint density at radius 1 is 1.19 bits per heavy atom. The Morgan fingerprint density at radius 2 is 1.81 bits per heavy atom. The third-order valence-corrected chi connectivity index (χ3v) is 5.81. The Hall–Kier alpha value is -1.56. The van der Waals surface area contributed by atoms with Gasteiger partial charge in [-0.1, -0.05) is 13.8 Å². The van der Waals surface area contributed by atoms with E-state index in [0.717, 1.165) is 36.6 Å². The Kier molecular flexibility index (Phi) is 7.32. The first-order valence-electron chi connectivity index (χ1n) is 10.4. The van der Waals surface area contributed by atoms with Crippen molar-refractivity contribution in [2.24, 2.45) is 23.9 Å². The first-order valence-corrected chi connectivity index (χ1v) is 10.4. The number of piperidine rings is 1. The van der Waals surface area contributed by atoms with Crippen LogP contribution in [-0.4, -0.2) is 52.4 Å². The van der Waals surface area contributed by atoms with Crippen molar-refractivity contribution in [3.05, 3.63) is 17.0 Å². The highest BCUT2D eigenvalue weighted by Gasteiger charge is 2.32. The number of nitrogens with one attached hydrogen (secondary N) is 2. The molecule has 2 N–H and O–H groups in total. The van der Waals surface area contributed by atoms with E-state index in [-0.39, 0.29) is 5.54 Å². The van der Waals surface area contributed by atoms with Gasteiger partial charge in [-0.15, -0.1) is 0 Å². The number of guanidine groups is 1. The van der Waals surface area contributed by atoms with Gasteiger partial charge in [0.2, 0.25) is 0 Å². The van der Waals surface area contributed by atoms with Gasteiger partial charge < -0.3 is 10.6 Å². The lowest BCUT2D eigenvalue weighted by atomic mass is 9.88. The molecule has 0 amide bonds. The molecule has 6 nitrogen and oxygen atoms in total. The predicted molar refractivity (Wildman–Crippen MR) is 114 cm³/mol. The normalized spacial score (nSPS) is 22.1. The summed E-state index contributed by atoms with van der Waals surface area (Å²) < 4.78 is 1.93. The molecule has 1 fully saturated rings. The summed E-state index contributed by atoms with van der Waals surface area (Å²) >= 11 is 0. The summed E-state index contributed by atoms with van der Waals surface area (Å²) in [6, 6.07) is 0. The number of aryl methyl sites for hydroxylation is 2. The van der Waals surface area contributed by atoms with Gasteiger partial charge in [-0.3, -0.25) is 9.58 Å². The molecule has 0 spiro atoms. The fourth-order valence-corrected chi connectivity index (χ4v) is 4.12. The van der Waals surface area contributed by atoms with Gasteiger partial charge in [0.15, 0.2) is 5.96 Å². The van der Waals surface area contributed by atoms with E-state index >= 15 is 0 Å². The molecule has 0 bridgehead atoms. The number of rotatable bonds is 6. The molecule has 0 aromatic carbocycles. The molecule has 2 rings (SSSR count). The van der Waals surface area contributed by atoms with E-state index in [2.05, 4.69) is 69.1 Å². The molecule has 2 atom stereocenters. The van der Waals surface area contributed by atoms with Crippen LogP contribution in [0.3, 0.4) is 0 Å². The van der Waals surface area contributed by atoms with Crippen LogP contribution < -0.4 is 10.6 Å². The third-order valence-electron chi connectivity index (χ3n) is 5.81. The zero-order valence-corrected chi connectivity index (χ0v) is 18.7. The molecule has 1 aliphatic rings. The van der Waals surface area contributed by atoms with Crippen LogP contribution in [0.5, 0.6) is 0 Å². The van der Waals surface area contributed by atoms with E-state index in [4.69, 9.17) is 4.99 Å². The maximum atomic E-state index is 4.82. The molecule has 1 aliphatic heterocycles. The van der Waals surface area contributed by atoms with Crippen LogP contribution in [0.4, 0.5) is 0 Å². The van der Waals surface area contributed by atoms with E-state index in [1.165, 1.54) is 30.8 Å². The van der Waals surface area contributed by atoms with Crippen LogP contribution in [0.2, 0.25) is 0 Å². The highest BCUT2D eigenvalue weighted by Crippen LogP contribution is 2.26. The Balaban J connectivity index is 2.02. The molecule has 0 radical (unpaired) electrons. The van der Waals surface area contributed by atoms with E-state index < -0.39 is 0 Å². The topological polar surface area (TPSA) is 57.5 Å². The third kappa shape index (κ3) is 5.71. The van der Waals surface area contributed by atoms with Crippen LogP contribution in [0.25, 0.3) is 0 Å². The Bertz CT molecular complexity index is 635. The van der Waals surface area contributed by atoms with E-state index in [9.17, 15) is 0 Å². The van der Waals surface area contributed by atoms with Crippen LogP contribution >= 0.6 is 0 Å². The second kappa shape index (κ2) is 9.09. The van der Waals surface area contributed by atoms with Crippen molar-refractivity contribution in [1.82, 2.24) is 25.3 Å². The van der Waals surface area contributed by atoms with Crippen molar-refractivity contribution in [2.75, 3.05) is 26.2 Å². The molecular weight excluding hydrogens is 336 g/mol. The molecule has 2 heterocycles. The molecule has 1 saturated heterocycles. The molecule has 1 aromatic rings. The molecule has 1 aromatic heterocycles. The Labute approximate surface area is 165 Å². The lowest BCUT2D eigenvalue weighted by molar-refractivity contribution is 0.0483. The molecule has 27 heavy (non-hydrogen) atoms. The largest absolute Gasteiger partial charge is 0.357 e. The van der Waals surface area contributed by atoms with Gasteiger partial charge in [0, 0.05) is 50.0 Å². The number of likely N-dealkylation sites (tertiary alicyclic amines) is 1. The van der Waals surface area contributed by atoms with Crippen LogP contribution in [0.1, 0.15) is 58.0 Å². The monoisotopic (exact) mass is 376 g/mol. The second-order valence-corrected chi connectivity index (χ2v) is 8.99. The van der Waals surface area contributed by atoms with Crippen LogP contribution in [0, 0.1) is 25.7 Å². The molecule has 6 heteroatoms. The van der Waals surface area contributed by atoms with Gasteiger partial charge in [0.05, 0.1) is 12.2 Å². The number of aliphatic imine (C=N–C) groups is 1. The van der Waals surface area contributed by atoms with Gasteiger partial charge in [0.1, 0.15) is 0 Å². The first-order chi connectivity index (χ1) is 12.6. The summed E-state index contributed by atoms with van der Waals surface area (Å²) in [5, 5.41) is 11.5. The summed E-state index contributed by atoms with van der Waals surface area (Å²) in [5.74, 6) is 2.42. The number of aromatic nitrogens is 2. The van der Waals surface area contributed by atoms with Gasteiger partial charge in [0.25, 0.3) is 0 Å². The van der Waals surface area contributed by atoms with Crippen molar-refractivity contribution < 1.29 is 0 Å². The maximum Gasteiger partial charge on any atom is 0.191 e. The highest BCUT2D eigenvalue weighted by atomic mass is 15.3. The minimum Gasteiger partial charge on any atom is -0.357 e. The highest BCUT2D eigenvalue weighted by molar-refractivity contribution is 5.79. The number of nitrogens with zero attached hydrogens (tertiary/aromatic N) is 4. The number of hydrogen-bond acceptors (Lipinski definition) is 3. The molecular formula is C21H40N6. The molecule has 2 unspecified atom stereocenters. The van der Waals surface area contributed by atoms with Gasteiger partial charge in [-0.2, -0.15) is 5.10 Å². The summed E-state index contributed by atoms with van der Waals surface area (Å²) in [6.45, 7) is 20.4. The first kappa shape index (κ1) is 21.7. The van der Waals surface area contributed by atoms with Gasteiger partial charge >= 0.3 is 0 Å². The average molecular weight is 377 g/mol. The van der Waals surface area contributed by atoms with Crippen LogP contribution in [-0.2, 0) is 13.6 Å². The molecule has 0 aliphatic carbocycles. The van der Waals surface area contributed by atoms with Gasteiger partial charge in [-0.05, 0) is 52.9 Å². The van der Waals surface area contributed by atoms with E-state index in [1.54, 1.807) is 0 Å². The number of hydrogen-bond donors (Lipinski definition) is 2. The van der Waals surface area contributed by atoms with Crippen LogP contribution in [0.15, 0.2) is 4.99 Å². The zero-order valence-electron chi connectivity index (χ0n) is 18.7. The quantitative estimate of drug-likeness (QED) is 0.592. The van der Waals surface area contributed by atoms with Crippen molar-refractivity contribution in [3.63, 3.8) is 0 Å². The van der Waals surface area contributed by atoms with Gasteiger partial charge in [-0.25, -0.2) is 4.99 Å². The smallest absolute Gasteiger partial charge is 0.191 e. The lowest BCUT2D eigenvalue weighted by Gasteiger charge is -2.45. The van der Waals surface area contributed by atoms with E-state index in [1.807, 2.05) is 11.7 Å². The maximum absolute atomic E-state index is 4.82. The lowest BCUT2D eigenvalue weighted by Crippen LogP contribution is -2.57. The summed E-state index contributed by atoms with van der Waals surface area (Å²) in [6.07, 6.45) is 1.34. The summed E-state index contributed by atoms with van der Waals surface area (Å²) in [7, 11) is 1.99. The standard InChI is InChI=1S/C21H40N6/c1-9-22-20(23-11-19-17(4)25-26(8)18(19)5)24-14-21(6,7)27-12-15(2)10-16(3)13-27/h15-16H,9-14H2,1-8H3,(H2,22,23,24). The minimum atomic E-state index is 0.0965. The fraction of sp³-hybridized carbons (Fsp3) is 0.810. The molecule has 154 valence electrons. The van der Waals surface area contributed by atoms with E-state index in [0.29, 0.717) is 6.54 Å². The summed E-state index contributed by atoms with van der Waals surface area (Å²) in [5.41, 5.74) is 3.56.